The van der Waals surface area contributed by atoms with Crippen molar-refractivity contribution in [2.75, 3.05) is 11.9 Å². The van der Waals surface area contributed by atoms with Gasteiger partial charge in [-0.1, -0.05) is 13.0 Å². The van der Waals surface area contributed by atoms with Crippen molar-refractivity contribution in [2.24, 2.45) is 5.92 Å². The Morgan fingerprint density at radius 2 is 2.37 bits per heavy atom. The SMILES string of the molecule is CC1CCCNC1C(=O)Nc1cccc2[nH]ncc12. The molecular formula is C14H18N4O. The Morgan fingerprint density at radius 1 is 1.47 bits per heavy atom. The largest absolute Gasteiger partial charge is 0.324 e. The Morgan fingerprint density at radius 3 is 3.21 bits per heavy atom. The number of H-pyrrole nitrogens is 1. The topological polar surface area (TPSA) is 69.8 Å². The van der Waals surface area contributed by atoms with E-state index in [-0.39, 0.29) is 11.9 Å². The molecule has 2 atom stereocenters. The summed E-state index contributed by atoms with van der Waals surface area (Å²) in [4.78, 5) is 12.3. The molecule has 5 heteroatoms. The van der Waals surface area contributed by atoms with E-state index < -0.39 is 0 Å². The lowest BCUT2D eigenvalue weighted by Crippen LogP contribution is -2.48. The number of nitrogens with zero attached hydrogens (tertiary/aromatic N) is 1. The van der Waals surface area contributed by atoms with Gasteiger partial charge in [-0.05, 0) is 37.4 Å². The number of carbonyl (C=O) groups excluding carboxylic acids is 1. The average molecular weight is 258 g/mol. The van der Waals surface area contributed by atoms with E-state index in [0.717, 1.165) is 36.0 Å². The molecule has 0 radical (unpaired) electrons. The van der Waals surface area contributed by atoms with Crippen LogP contribution in [-0.2, 0) is 4.79 Å². The number of amides is 1. The van der Waals surface area contributed by atoms with E-state index in [9.17, 15) is 4.79 Å². The van der Waals surface area contributed by atoms with Crippen LogP contribution in [0.15, 0.2) is 24.4 Å². The van der Waals surface area contributed by atoms with Crippen LogP contribution in [0.5, 0.6) is 0 Å². The van der Waals surface area contributed by atoms with Gasteiger partial charge in [-0.25, -0.2) is 0 Å². The van der Waals surface area contributed by atoms with Crippen LogP contribution < -0.4 is 10.6 Å². The van der Waals surface area contributed by atoms with Gasteiger partial charge < -0.3 is 10.6 Å². The maximum absolute atomic E-state index is 12.3. The van der Waals surface area contributed by atoms with Crippen molar-refractivity contribution in [3.05, 3.63) is 24.4 Å². The van der Waals surface area contributed by atoms with Gasteiger partial charge in [0.1, 0.15) is 0 Å². The van der Waals surface area contributed by atoms with Gasteiger partial charge in [0.05, 0.1) is 23.4 Å². The minimum atomic E-state index is -0.101. The van der Waals surface area contributed by atoms with Gasteiger partial charge in [-0.15, -0.1) is 0 Å². The maximum atomic E-state index is 12.3. The highest BCUT2D eigenvalue weighted by Gasteiger charge is 2.27. The average Bonchev–Trinajstić information content (AvgIpc) is 2.88. The molecule has 2 aromatic rings. The third-order valence-electron chi connectivity index (χ3n) is 3.79. The van der Waals surface area contributed by atoms with Crippen LogP contribution in [-0.4, -0.2) is 28.7 Å². The summed E-state index contributed by atoms with van der Waals surface area (Å²) in [6, 6.07) is 5.66. The van der Waals surface area contributed by atoms with Crippen molar-refractivity contribution in [1.82, 2.24) is 15.5 Å². The summed E-state index contributed by atoms with van der Waals surface area (Å²) in [6.07, 6.45) is 3.98. The molecule has 0 spiro atoms. The molecule has 3 N–H and O–H groups in total. The smallest absolute Gasteiger partial charge is 0.241 e. The highest BCUT2D eigenvalue weighted by atomic mass is 16.2. The Kier molecular flexibility index (Phi) is 3.21. The van der Waals surface area contributed by atoms with Crippen LogP contribution in [0, 0.1) is 5.92 Å². The number of aromatic amines is 1. The lowest BCUT2D eigenvalue weighted by molar-refractivity contribution is -0.119. The second-order valence-electron chi connectivity index (χ2n) is 5.18. The Bertz CT molecular complexity index is 592. The molecule has 1 amide bonds. The lowest BCUT2D eigenvalue weighted by atomic mass is 9.92. The van der Waals surface area contributed by atoms with E-state index in [0.29, 0.717) is 5.92 Å². The number of aromatic nitrogens is 2. The molecule has 1 aromatic heterocycles. The van der Waals surface area contributed by atoms with Gasteiger partial charge in [0.25, 0.3) is 0 Å². The molecule has 0 aliphatic carbocycles. The monoisotopic (exact) mass is 258 g/mol. The van der Waals surface area contributed by atoms with Crippen molar-refractivity contribution in [2.45, 2.75) is 25.8 Å². The van der Waals surface area contributed by atoms with Crippen LogP contribution >= 0.6 is 0 Å². The van der Waals surface area contributed by atoms with E-state index in [4.69, 9.17) is 0 Å². The molecule has 0 bridgehead atoms. The fourth-order valence-electron chi connectivity index (χ4n) is 2.69. The van der Waals surface area contributed by atoms with Crippen molar-refractivity contribution >= 4 is 22.5 Å². The van der Waals surface area contributed by atoms with E-state index in [1.165, 1.54) is 0 Å². The number of fused-ring (bicyclic) bond motifs is 1. The number of anilines is 1. The molecule has 1 aliphatic rings. The minimum Gasteiger partial charge on any atom is -0.324 e. The number of benzene rings is 1. The van der Waals surface area contributed by atoms with Gasteiger partial charge >= 0.3 is 0 Å². The van der Waals surface area contributed by atoms with Gasteiger partial charge in [0.2, 0.25) is 5.91 Å². The molecule has 2 heterocycles. The van der Waals surface area contributed by atoms with Gasteiger partial charge in [-0.2, -0.15) is 5.10 Å². The lowest BCUT2D eigenvalue weighted by Gasteiger charge is -2.29. The number of nitrogens with one attached hydrogen (secondary N) is 3. The second-order valence-corrected chi connectivity index (χ2v) is 5.18. The molecule has 1 saturated heterocycles. The number of hydrogen-bond donors (Lipinski definition) is 3. The molecule has 2 unspecified atom stereocenters. The summed E-state index contributed by atoms with van der Waals surface area (Å²) in [5.41, 5.74) is 1.75. The van der Waals surface area contributed by atoms with Crippen LogP contribution in [0.4, 0.5) is 5.69 Å². The highest BCUT2D eigenvalue weighted by molar-refractivity contribution is 6.02. The quantitative estimate of drug-likeness (QED) is 0.770. The standard InChI is InChI=1S/C14H18N4O/c1-9-4-3-7-15-13(9)14(19)17-11-5-2-6-12-10(11)8-16-18-12/h2,5-6,8-9,13,15H,3-4,7H2,1H3,(H,16,18)(H,17,19). The van der Waals surface area contributed by atoms with E-state index in [1.807, 2.05) is 18.2 Å². The molecule has 1 aliphatic heterocycles. The van der Waals surface area contributed by atoms with Crippen LogP contribution in [0.3, 0.4) is 0 Å². The fourth-order valence-corrected chi connectivity index (χ4v) is 2.69. The summed E-state index contributed by atoms with van der Waals surface area (Å²) in [5.74, 6) is 0.415. The Labute approximate surface area is 111 Å². The zero-order chi connectivity index (χ0) is 13.2. The first-order valence-corrected chi connectivity index (χ1v) is 6.72. The van der Waals surface area contributed by atoms with Crippen molar-refractivity contribution in [3.8, 4) is 0 Å². The van der Waals surface area contributed by atoms with Gasteiger partial charge in [-0.3, -0.25) is 9.89 Å². The summed E-state index contributed by atoms with van der Waals surface area (Å²) in [5, 5.41) is 14.2. The van der Waals surface area contributed by atoms with E-state index in [2.05, 4.69) is 27.8 Å². The number of hydrogen-bond acceptors (Lipinski definition) is 3. The van der Waals surface area contributed by atoms with Crippen molar-refractivity contribution < 1.29 is 4.79 Å². The predicted molar refractivity (Wildman–Crippen MR) is 74.9 cm³/mol. The Balaban J connectivity index is 1.80. The summed E-state index contributed by atoms with van der Waals surface area (Å²) < 4.78 is 0. The molecule has 1 fully saturated rings. The van der Waals surface area contributed by atoms with Gasteiger partial charge in [0, 0.05) is 5.39 Å². The third-order valence-corrected chi connectivity index (χ3v) is 3.79. The summed E-state index contributed by atoms with van der Waals surface area (Å²) in [7, 11) is 0. The van der Waals surface area contributed by atoms with E-state index >= 15 is 0 Å². The summed E-state index contributed by atoms with van der Waals surface area (Å²) in [6.45, 7) is 3.03. The molecule has 1 aromatic carbocycles. The normalized spacial score (nSPS) is 23.4. The first-order valence-electron chi connectivity index (χ1n) is 6.72. The second kappa shape index (κ2) is 5.01. The third kappa shape index (κ3) is 2.33. The molecule has 5 nitrogen and oxygen atoms in total. The predicted octanol–water partition coefficient (Wildman–Crippen LogP) is 1.89. The number of piperidine rings is 1. The first kappa shape index (κ1) is 12.2. The van der Waals surface area contributed by atoms with Gasteiger partial charge in [0.15, 0.2) is 0 Å². The zero-order valence-corrected chi connectivity index (χ0v) is 10.9. The minimum absolute atomic E-state index is 0.0425. The zero-order valence-electron chi connectivity index (χ0n) is 10.9. The Hall–Kier alpha value is -1.88. The van der Waals surface area contributed by atoms with Crippen LogP contribution in [0.2, 0.25) is 0 Å². The molecular weight excluding hydrogens is 240 g/mol. The fraction of sp³-hybridized carbons (Fsp3) is 0.429. The van der Waals surface area contributed by atoms with E-state index in [1.54, 1.807) is 6.20 Å². The molecule has 19 heavy (non-hydrogen) atoms. The summed E-state index contributed by atoms with van der Waals surface area (Å²) >= 11 is 0. The van der Waals surface area contributed by atoms with Crippen LogP contribution in [0.25, 0.3) is 10.9 Å². The first-order chi connectivity index (χ1) is 9.25. The molecule has 0 saturated carbocycles. The highest BCUT2D eigenvalue weighted by Crippen LogP contribution is 2.23. The number of rotatable bonds is 2. The van der Waals surface area contributed by atoms with Crippen LogP contribution in [0.1, 0.15) is 19.8 Å². The number of carbonyl (C=O) groups is 1. The van der Waals surface area contributed by atoms with Crippen molar-refractivity contribution in [3.63, 3.8) is 0 Å². The molecule has 3 rings (SSSR count). The van der Waals surface area contributed by atoms with Crippen molar-refractivity contribution in [1.29, 1.82) is 0 Å². The molecule has 100 valence electrons. The maximum Gasteiger partial charge on any atom is 0.241 e.